The van der Waals surface area contributed by atoms with Gasteiger partial charge in [0.25, 0.3) is 5.91 Å². The third-order valence-electron chi connectivity index (χ3n) is 3.38. The maximum Gasteiger partial charge on any atom is 0.270 e. The molecule has 2 rings (SSSR count). The first-order chi connectivity index (χ1) is 8.95. The van der Waals surface area contributed by atoms with Crippen LogP contribution in [-0.2, 0) is 4.79 Å². The van der Waals surface area contributed by atoms with Crippen LogP contribution in [0, 0.1) is 0 Å². The fourth-order valence-corrected chi connectivity index (χ4v) is 2.33. The number of hydrogen-bond acceptors (Lipinski definition) is 3. The van der Waals surface area contributed by atoms with Gasteiger partial charge in [0.15, 0.2) is 5.60 Å². The third kappa shape index (κ3) is 2.67. The average molecular weight is 262 g/mol. The predicted molar refractivity (Wildman–Crippen MR) is 77.4 cm³/mol. The van der Waals surface area contributed by atoms with E-state index in [1.165, 1.54) is 0 Å². The maximum absolute atomic E-state index is 12.5. The molecule has 19 heavy (non-hydrogen) atoms. The third-order valence-corrected chi connectivity index (χ3v) is 3.38. The van der Waals surface area contributed by atoms with E-state index in [-0.39, 0.29) is 5.91 Å². The molecule has 0 bridgehead atoms. The zero-order valence-electron chi connectivity index (χ0n) is 11.9. The molecule has 104 valence electrons. The first-order valence-corrected chi connectivity index (χ1v) is 6.86. The minimum Gasteiger partial charge on any atom is -0.476 e. The predicted octanol–water partition coefficient (Wildman–Crippen LogP) is 2.96. The highest BCUT2D eigenvalue weighted by molar-refractivity contribution is 6.02. The normalized spacial score (nSPS) is 17.0. The van der Waals surface area contributed by atoms with E-state index in [9.17, 15) is 4.79 Å². The molecule has 0 aliphatic carbocycles. The molecule has 1 amide bonds. The minimum atomic E-state index is -0.810. The van der Waals surface area contributed by atoms with Gasteiger partial charge in [0.05, 0.1) is 5.69 Å². The summed E-state index contributed by atoms with van der Waals surface area (Å²) in [7, 11) is 0. The number of benzene rings is 1. The summed E-state index contributed by atoms with van der Waals surface area (Å²) in [6, 6.07) is 5.45. The number of amides is 1. The van der Waals surface area contributed by atoms with Gasteiger partial charge in [0, 0.05) is 12.2 Å². The van der Waals surface area contributed by atoms with Crippen molar-refractivity contribution in [2.24, 2.45) is 0 Å². The van der Waals surface area contributed by atoms with E-state index in [1.807, 2.05) is 17.0 Å². The van der Waals surface area contributed by atoms with E-state index in [4.69, 9.17) is 10.5 Å². The van der Waals surface area contributed by atoms with Crippen molar-refractivity contribution in [3.63, 3.8) is 0 Å². The number of ether oxygens (including phenoxy) is 1. The molecule has 1 aliphatic rings. The summed E-state index contributed by atoms with van der Waals surface area (Å²) in [5.74, 6) is 0.733. The van der Waals surface area contributed by atoms with Crippen LogP contribution in [0.2, 0.25) is 0 Å². The molecule has 0 unspecified atom stereocenters. The lowest BCUT2D eigenvalue weighted by Crippen LogP contribution is -2.52. The zero-order chi connectivity index (χ0) is 14.0. The molecule has 4 heteroatoms. The maximum atomic E-state index is 12.5. The monoisotopic (exact) mass is 262 g/mol. The first-order valence-electron chi connectivity index (χ1n) is 6.86. The molecular formula is C15H22N2O2. The molecule has 0 saturated carbocycles. The van der Waals surface area contributed by atoms with Gasteiger partial charge in [-0.15, -0.1) is 0 Å². The Hall–Kier alpha value is -1.71. The highest BCUT2D eigenvalue weighted by Crippen LogP contribution is 2.39. The van der Waals surface area contributed by atoms with Crippen LogP contribution >= 0.6 is 0 Å². The van der Waals surface area contributed by atoms with E-state index in [0.29, 0.717) is 5.69 Å². The van der Waals surface area contributed by atoms with Gasteiger partial charge in [-0.05, 0) is 38.5 Å². The number of anilines is 2. The number of nitrogen functional groups attached to an aromatic ring is 1. The largest absolute Gasteiger partial charge is 0.476 e. The van der Waals surface area contributed by atoms with Gasteiger partial charge in [-0.3, -0.25) is 4.79 Å². The molecule has 0 radical (unpaired) electrons. The molecular weight excluding hydrogens is 240 g/mol. The molecule has 2 N–H and O–H groups in total. The van der Waals surface area contributed by atoms with Crippen LogP contribution in [0.3, 0.4) is 0 Å². The van der Waals surface area contributed by atoms with Crippen LogP contribution in [0.5, 0.6) is 5.75 Å². The second-order valence-corrected chi connectivity index (χ2v) is 5.50. The van der Waals surface area contributed by atoms with Gasteiger partial charge in [0.2, 0.25) is 0 Å². The van der Waals surface area contributed by atoms with Gasteiger partial charge in [-0.1, -0.05) is 19.8 Å². The summed E-state index contributed by atoms with van der Waals surface area (Å²) in [5, 5.41) is 0. The summed E-state index contributed by atoms with van der Waals surface area (Å²) in [6.45, 7) is 6.48. The number of fused-ring (bicyclic) bond motifs is 1. The van der Waals surface area contributed by atoms with Crippen LogP contribution in [0.15, 0.2) is 18.2 Å². The van der Waals surface area contributed by atoms with E-state index in [1.54, 1.807) is 19.9 Å². The molecule has 1 aromatic rings. The lowest BCUT2D eigenvalue weighted by atomic mass is 10.0. The number of nitrogens with two attached hydrogens (primary N) is 1. The highest BCUT2D eigenvalue weighted by Gasteiger charge is 2.40. The van der Waals surface area contributed by atoms with E-state index in [2.05, 4.69) is 6.92 Å². The van der Waals surface area contributed by atoms with E-state index in [0.717, 1.165) is 37.2 Å². The molecule has 0 spiro atoms. The number of carbonyl (C=O) groups is 1. The fraction of sp³-hybridized carbons (Fsp3) is 0.533. The lowest BCUT2D eigenvalue weighted by molar-refractivity contribution is -0.132. The molecule has 0 fully saturated rings. The second-order valence-electron chi connectivity index (χ2n) is 5.50. The first kappa shape index (κ1) is 13.7. The number of nitrogens with zero attached hydrogens (tertiary/aromatic N) is 1. The number of unbranched alkanes of at least 4 members (excludes halogenated alkanes) is 2. The van der Waals surface area contributed by atoms with Crippen LogP contribution < -0.4 is 15.4 Å². The molecule has 1 aromatic carbocycles. The Kier molecular flexibility index (Phi) is 3.69. The van der Waals surface area contributed by atoms with Gasteiger partial charge < -0.3 is 15.4 Å². The van der Waals surface area contributed by atoms with Crippen molar-refractivity contribution >= 4 is 17.3 Å². The Morgan fingerprint density at radius 3 is 2.74 bits per heavy atom. The van der Waals surface area contributed by atoms with Crippen LogP contribution in [0.25, 0.3) is 0 Å². The Morgan fingerprint density at radius 1 is 1.32 bits per heavy atom. The van der Waals surface area contributed by atoms with Gasteiger partial charge in [-0.2, -0.15) is 0 Å². The van der Waals surface area contributed by atoms with Gasteiger partial charge in [-0.25, -0.2) is 0 Å². The number of hydrogen-bond donors (Lipinski definition) is 1. The zero-order valence-corrected chi connectivity index (χ0v) is 11.9. The van der Waals surface area contributed by atoms with E-state index < -0.39 is 5.60 Å². The standard InChI is InChI=1S/C15H22N2O2/c1-4-5-6-9-17-12-10-11(16)7-8-13(12)19-15(2,3)14(17)18/h7-8,10H,4-6,9,16H2,1-3H3. The Morgan fingerprint density at radius 2 is 2.05 bits per heavy atom. The SMILES string of the molecule is CCCCCN1C(=O)C(C)(C)Oc2ccc(N)cc21. The summed E-state index contributed by atoms with van der Waals surface area (Å²) in [5.41, 5.74) is 6.45. The summed E-state index contributed by atoms with van der Waals surface area (Å²) >= 11 is 0. The van der Waals surface area contributed by atoms with Crippen LogP contribution in [-0.4, -0.2) is 18.1 Å². The van der Waals surface area contributed by atoms with Crippen molar-refractivity contribution in [2.75, 3.05) is 17.2 Å². The molecule has 4 nitrogen and oxygen atoms in total. The van der Waals surface area contributed by atoms with Crippen molar-refractivity contribution < 1.29 is 9.53 Å². The quantitative estimate of drug-likeness (QED) is 0.670. The molecule has 1 heterocycles. The Bertz CT molecular complexity index is 483. The molecule has 0 aromatic heterocycles. The van der Waals surface area contributed by atoms with E-state index >= 15 is 0 Å². The topological polar surface area (TPSA) is 55.6 Å². The molecule has 0 atom stereocenters. The van der Waals surface area contributed by atoms with Crippen molar-refractivity contribution in [1.29, 1.82) is 0 Å². The second kappa shape index (κ2) is 5.11. The Balaban J connectivity index is 2.33. The van der Waals surface area contributed by atoms with Crippen molar-refractivity contribution in [2.45, 2.75) is 45.6 Å². The molecule has 0 saturated heterocycles. The minimum absolute atomic E-state index is 0.00158. The average Bonchev–Trinajstić information content (AvgIpc) is 2.35. The fourth-order valence-electron chi connectivity index (χ4n) is 2.33. The summed E-state index contributed by atoms with van der Waals surface area (Å²) in [6.07, 6.45) is 3.24. The smallest absolute Gasteiger partial charge is 0.270 e. The van der Waals surface area contributed by atoms with Crippen molar-refractivity contribution in [3.05, 3.63) is 18.2 Å². The Labute approximate surface area is 114 Å². The summed E-state index contributed by atoms with van der Waals surface area (Å²) < 4.78 is 5.78. The summed E-state index contributed by atoms with van der Waals surface area (Å²) in [4.78, 5) is 14.3. The van der Waals surface area contributed by atoms with Gasteiger partial charge in [0.1, 0.15) is 5.75 Å². The van der Waals surface area contributed by atoms with Crippen molar-refractivity contribution in [3.8, 4) is 5.75 Å². The van der Waals surface area contributed by atoms with Crippen LogP contribution in [0.1, 0.15) is 40.0 Å². The van der Waals surface area contributed by atoms with Crippen molar-refractivity contribution in [1.82, 2.24) is 0 Å². The highest BCUT2D eigenvalue weighted by atomic mass is 16.5. The van der Waals surface area contributed by atoms with Crippen LogP contribution in [0.4, 0.5) is 11.4 Å². The number of carbonyl (C=O) groups excluding carboxylic acids is 1. The van der Waals surface area contributed by atoms with Gasteiger partial charge >= 0.3 is 0 Å². The molecule has 1 aliphatic heterocycles. The lowest BCUT2D eigenvalue weighted by Gasteiger charge is -2.39. The number of rotatable bonds is 4.